The van der Waals surface area contributed by atoms with Crippen LogP contribution in [0.25, 0.3) is 16.8 Å². The third kappa shape index (κ3) is 3.57. The Labute approximate surface area is 167 Å². The summed E-state index contributed by atoms with van der Waals surface area (Å²) in [6, 6.07) is 16.1. The molecule has 0 bridgehead atoms. The van der Waals surface area contributed by atoms with Gasteiger partial charge in [-0.3, -0.25) is 0 Å². The number of anilines is 1. The normalized spacial score (nSPS) is 12.9. The van der Waals surface area contributed by atoms with Crippen LogP contribution >= 0.6 is 11.3 Å². The average Bonchev–Trinajstić information content (AvgIpc) is 3.37. The van der Waals surface area contributed by atoms with E-state index in [1.165, 1.54) is 16.9 Å². The molecule has 0 unspecified atom stereocenters. The Balaban J connectivity index is 1.58. The second-order valence-corrected chi connectivity index (χ2v) is 7.52. The predicted molar refractivity (Wildman–Crippen MR) is 111 cm³/mol. The fourth-order valence-electron chi connectivity index (χ4n) is 3.01. The summed E-state index contributed by atoms with van der Waals surface area (Å²) in [7, 11) is 0. The number of hydrogen-bond donors (Lipinski definition) is 1. The molecule has 28 heavy (non-hydrogen) atoms. The van der Waals surface area contributed by atoms with Crippen LogP contribution in [0.4, 0.5) is 5.69 Å². The van der Waals surface area contributed by atoms with Crippen LogP contribution in [0.1, 0.15) is 30.3 Å². The van der Waals surface area contributed by atoms with Crippen LogP contribution in [-0.4, -0.2) is 11.8 Å². The first kappa shape index (κ1) is 18.1. The summed E-state index contributed by atoms with van der Waals surface area (Å²) >= 11 is 1.44. The molecule has 1 aliphatic rings. The molecule has 1 aliphatic heterocycles. The number of para-hydroxylation sites is 1. The van der Waals surface area contributed by atoms with E-state index < -0.39 is 0 Å². The molecule has 0 atom stereocenters. The second kappa shape index (κ2) is 7.75. The molecule has 1 N–H and O–H groups in total. The molecule has 0 spiro atoms. The summed E-state index contributed by atoms with van der Waals surface area (Å²) in [5.41, 5.74) is 4.44. The molecule has 2 heterocycles. The number of fused-ring (bicyclic) bond motifs is 1. The lowest BCUT2D eigenvalue weighted by molar-refractivity contribution is 0.174. The fourth-order valence-corrected chi connectivity index (χ4v) is 3.80. The van der Waals surface area contributed by atoms with E-state index in [4.69, 9.17) is 9.47 Å². The van der Waals surface area contributed by atoms with Gasteiger partial charge in [0.25, 0.3) is 0 Å². The Morgan fingerprint density at radius 1 is 1.21 bits per heavy atom. The van der Waals surface area contributed by atoms with Gasteiger partial charge in [-0.1, -0.05) is 32.0 Å². The summed E-state index contributed by atoms with van der Waals surface area (Å²) in [6.45, 7) is 4.54. The molecule has 140 valence electrons. The molecule has 0 saturated heterocycles. The van der Waals surface area contributed by atoms with E-state index in [-0.39, 0.29) is 6.79 Å². The van der Waals surface area contributed by atoms with Gasteiger partial charge in [0.05, 0.1) is 5.69 Å². The lowest BCUT2D eigenvalue weighted by Gasteiger charge is -2.12. The van der Waals surface area contributed by atoms with Crippen LogP contribution in [0.3, 0.4) is 0 Å². The van der Waals surface area contributed by atoms with Crippen LogP contribution in [0.15, 0.2) is 54.0 Å². The molecule has 3 aromatic rings. The van der Waals surface area contributed by atoms with E-state index in [1.54, 1.807) is 6.20 Å². The lowest BCUT2D eigenvalue weighted by Crippen LogP contribution is -1.97. The minimum Gasteiger partial charge on any atom is -0.454 e. The van der Waals surface area contributed by atoms with E-state index in [0.717, 1.165) is 28.4 Å². The molecular formula is C22H19N3O2S. The van der Waals surface area contributed by atoms with E-state index in [2.05, 4.69) is 36.3 Å². The van der Waals surface area contributed by atoms with Gasteiger partial charge in [0.15, 0.2) is 11.5 Å². The van der Waals surface area contributed by atoms with Crippen LogP contribution < -0.4 is 14.8 Å². The van der Waals surface area contributed by atoms with Crippen molar-refractivity contribution < 1.29 is 9.47 Å². The van der Waals surface area contributed by atoms with Crippen molar-refractivity contribution in [3.05, 3.63) is 64.6 Å². The Hall–Kier alpha value is -3.30. The maximum absolute atomic E-state index is 9.61. The molecular weight excluding hydrogens is 370 g/mol. The summed E-state index contributed by atoms with van der Waals surface area (Å²) in [6.07, 6.45) is 1.73. The number of nitriles is 1. The van der Waals surface area contributed by atoms with Gasteiger partial charge in [-0.25, -0.2) is 4.98 Å². The third-order valence-electron chi connectivity index (χ3n) is 4.48. The number of aromatic nitrogens is 1. The van der Waals surface area contributed by atoms with Gasteiger partial charge in [-0.15, -0.1) is 11.3 Å². The molecule has 4 rings (SSSR count). The van der Waals surface area contributed by atoms with Crippen LogP contribution in [-0.2, 0) is 0 Å². The highest BCUT2D eigenvalue weighted by Gasteiger charge is 2.16. The van der Waals surface area contributed by atoms with E-state index in [0.29, 0.717) is 16.5 Å². The maximum Gasteiger partial charge on any atom is 0.231 e. The summed E-state index contributed by atoms with van der Waals surface area (Å²) in [5.74, 6) is 1.85. The highest BCUT2D eigenvalue weighted by atomic mass is 32.1. The SMILES string of the molecule is CC(C)c1ccccc1N/C=C(/C#N)c1nc(-c2ccc3c(c2)OCO3)cs1. The average molecular weight is 389 g/mol. The summed E-state index contributed by atoms with van der Waals surface area (Å²) in [5, 5.41) is 15.5. The minimum atomic E-state index is 0.242. The van der Waals surface area contributed by atoms with Crippen LogP contribution in [0.2, 0.25) is 0 Å². The minimum absolute atomic E-state index is 0.242. The molecule has 0 saturated carbocycles. The number of nitrogens with zero attached hydrogens (tertiary/aromatic N) is 2. The smallest absolute Gasteiger partial charge is 0.231 e. The zero-order valence-corrected chi connectivity index (χ0v) is 16.4. The van der Waals surface area contributed by atoms with Gasteiger partial charge < -0.3 is 14.8 Å². The van der Waals surface area contributed by atoms with E-state index in [1.807, 2.05) is 41.8 Å². The van der Waals surface area contributed by atoms with Crippen LogP contribution in [0.5, 0.6) is 11.5 Å². The molecule has 2 aromatic carbocycles. The van der Waals surface area contributed by atoms with Crippen molar-refractivity contribution in [2.24, 2.45) is 0 Å². The van der Waals surface area contributed by atoms with Crippen molar-refractivity contribution in [3.8, 4) is 28.8 Å². The molecule has 0 radical (unpaired) electrons. The molecule has 6 heteroatoms. The predicted octanol–water partition coefficient (Wildman–Crippen LogP) is 5.64. The van der Waals surface area contributed by atoms with Crippen molar-refractivity contribution >= 4 is 22.6 Å². The van der Waals surface area contributed by atoms with Gasteiger partial charge in [0.1, 0.15) is 16.6 Å². The molecule has 1 aromatic heterocycles. The van der Waals surface area contributed by atoms with Crippen molar-refractivity contribution in [3.63, 3.8) is 0 Å². The first-order valence-corrected chi connectivity index (χ1v) is 9.85. The van der Waals surface area contributed by atoms with Crippen molar-refractivity contribution in [1.82, 2.24) is 4.98 Å². The fraction of sp³-hybridized carbons (Fsp3) is 0.182. The lowest BCUT2D eigenvalue weighted by atomic mass is 10.0. The highest BCUT2D eigenvalue weighted by Crippen LogP contribution is 2.36. The van der Waals surface area contributed by atoms with Gasteiger partial charge in [0.2, 0.25) is 6.79 Å². The number of allylic oxidation sites excluding steroid dienone is 1. The monoisotopic (exact) mass is 389 g/mol. The molecule has 5 nitrogen and oxygen atoms in total. The van der Waals surface area contributed by atoms with Crippen molar-refractivity contribution in [2.75, 3.05) is 12.1 Å². The molecule has 0 aliphatic carbocycles. The van der Waals surface area contributed by atoms with Crippen molar-refractivity contribution in [1.29, 1.82) is 5.26 Å². The first-order valence-electron chi connectivity index (χ1n) is 8.97. The number of rotatable bonds is 5. The number of thiazole rings is 1. The molecule has 0 amide bonds. The number of ether oxygens (including phenoxy) is 2. The number of hydrogen-bond acceptors (Lipinski definition) is 6. The zero-order chi connectivity index (χ0) is 19.5. The van der Waals surface area contributed by atoms with Gasteiger partial charge in [-0.05, 0) is 35.7 Å². The second-order valence-electron chi connectivity index (χ2n) is 6.66. The first-order chi connectivity index (χ1) is 13.7. The van der Waals surface area contributed by atoms with E-state index >= 15 is 0 Å². The van der Waals surface area contributed by atoms with Crippen molar-refractivity contribution in [2.45, 2.75) is 19.8 Å². The summed E-state index contributed by atoms with van der Waals surface area (Å²) in [4.78, 5) is 4.64. The Morgan fingerprint density at radius 2 is 2.04 bits per heavy atom. The quantitative estimate of drug-likeness (QED) is 0.572. The number of benzene rings is 2. The highest BCUT2D eigenvalue weighted by molar-refractivity contribution is 7.11. The zero-order valence-electron chi connectivity index (χ0n) is 15.6. The van der Waals surface area contributed by atoms with Gasteiger partial charge in [0, 0.05) is 22.8 Å². The number of nitrogens with one attached hydrogen (secondary N) is 1. The third-order valence-corrected chi connectivity index (χ3v) is 5.35. The standard InChI is InChI=1S/C22H19N3O2S/c1-14(2)17-5-3-4-6-18(17)24-11-16(10-23)22-25-19(12-28-22)15-7-8-20-21(9-15)27-13-26-20/h3-9,11-12,14,24H,13H2,1-2H3/b16-11-. The van der Waals surface area contributed by atoms with E-state index in [9.17, 15) is 5.26 Å². The Bertz CT molecular complexity index is 1080. The van der Waals surface area contributed by atoms with Gasteiger partial charge >= 0.3 is 0 Å². The largest absolute Gasteiger partial charge is 0.454 e. The van der Waals surface area contributed by atoms with Gasteiger partial charge in [-0.2, -0.15) is 5.26 Å². The Morgan fingerprint density at radius 3 is 2.86 bits per heavy atom. The summed E-state index contributed by atoms with van der Waals surface area (Å²) < 4.78 is 10.8. The topological polar surface area (TPSA) is 67.2 Å². The molecule has 0 fully saturated rings. The van der Waals surface area contributed by atoms with Crippen LogP contribution in [0, 0.1) is 11.3 Å². The Kier molecular flexibility index (Phi) is 5.00. The maximum atomic E-state index is 9.61.